The Balaban J connectivity index is 1.75. The lowest BCUT2D eigenvalue weighted by Crippen LogP contribution is -2.11. The Labute approximate surface area is 138 Å². The van der Waals surface area contributed by atoms with Gasteiger partial charge in [0, 0.05) is 29.6 Å². The zero-order valence-corrected chi connectivity index (χ0v) is 14.2. The van der Waals surface area contributed by atoms with Crippen LogP contribution in [0.15, 0.2) is 47.5 Å². The van der Waals surface area contributed by atoms with Crippen molar-refractivity contribution in [2.24, 2.45) is 0 Å². The van der Waals surface area contributed by atoms with Gasteiger partial charge in [-0.1, -0.05) is 0 Å². The van der Waals surface area contributed by atoms with E-state index in [4.69, 9.17) is 0 Å². The molecule has 6 heteroatoms. The number of nitrogens with zero attached hydrogens (tertiary/aromatic N) is 4. The number of anilines is 1. The molecule has 0 radical (unpaired) electrons. The Bertz CT molecular complexity index is 781. The van der Waals surface area contributed by atoms with Gasteiger partial charge < -0.3 is 14.6 Å². The van der Waals surface area contributed by atoms with Crippen LogP contribution in [0.2, 0.25) is 0 Å². The van der Waals surface area contributed by atoms with Crippen molar-refractivity contribution in [3.8, 4) is 0 Å². The molecule has 0 atom stereocenters. The topological polar surface area (TPSA) is 45.5 Å². The Morgan fingerprint density at radius 3 is 2.91 bits per heavy atom. The predicted molar refractivity (Wildman–Crippen MR) is 91.8 cm³/mol. The Hall–Kier alpha value is -1.92. The van der Waals surface area contributed by atoms with Gasteiger partial charge in [-0.3, -0.25) is 4.98 Å². The van der Waals surface area contributed by atoms with Crippen LogP contribution >= 0.6 is 15.9 Å². The highest BCUT2D eigenvalue weighted by atomic mass is 79.9. The van der Waals surface area contributed by atoms with Crippen molar-refractivity contribution in [1.29, 1.82) is 0 Å². The molecule has 0 spiro atoms. The molecular weight excluding hydrogens is 342 g/mol. The van der Waals surface area contributed by atoms with Gasteiger partial charge in [0.1, 0.15) is 5.65 Å². The summed E-state index contributed by atoms with van der Waals surface area (Å²) in [6.07, 6.45) is 7.67. The summed E-state index contributed by atoms with van der Waals surface area (Å²) >= 11 is 3.50. The fourth-order valence-electron chi connectivity index (χ4n) is 2.36. The maximum atomic E-state index is 4.41. The van der Waals surface area contributed by atoms with Crippen molar-refractivity contribution >= 4 is 27.3 Å². The smallest absolute Gasteiger partial charge is 0.137 e. The standard InChI is InChI=1S/C16H18BrN5/c1-21(2)10-12-5-14(7-18-6-12)19-8-15-9-20-16-4-3-13(17)11-22(15)16/h3-7,9,11,19H,8,10H2,1-2H3. The van der Waals surface area contributed by atoms with E-state index in [9.17, 15) is 0 Å². The van der Waals surface area contributed by atoms with Gasteiger partial charge in [0.15, 0.2) is 0 Å². The Morgan fingerprint density at radius 1 is 1.23 bits per heavy atom. The Morgan fingerprint density at radius 2 is 2.09 bits per heavy atom. The fraction of sp³-hybridized carbons (Fsp3) is 0.250. The van der Waals surface area contributed by atoms with Crippen molar-refractivity contribution in [1.82, 2.24) is 19.3 Å². The molecule has 114 valence electrons. The molecule has 0 bridgehead atoms. The van der Waals surface area contributed by atoms with Crippen molar-refractivity contribution in [2.45, 2.75) is 13.1 Å². The van der Waals surface area contributed by atoms with Gasteiger partial charge in [-0.05, 0) is 53.8 Å². The van der Waals surface area contributed by atoms with E-state index in [1.165, 1.54) is 5.56 Å². The molecule has 0 amide bonds. The van der Waals surface area contributed by atoms with Crippen LogP contribution in [0.25, 0.3) is 5.65 Å². The summed E-state index contributed by atoms with van der Waals surface area (Å²) in [6.45, 7) is 1.58. The zero-order chi connectivity index (χ0) is 15.5. The van der Waals surface area contributed by atoms with E-state index in [-0.39, 0.29) is 0 Å². The summed E-state index contributed by atoms with van der Waals surface area (Å²) in [7, 11) is 4.10. The quantitative estimate of drug-likeness (QED) is 0.759. The lowest BCUT2D eigenvalue weighted by Gasteiger charge is -2.11. The summed E-state index contributed by atoms with van der Waals surface area (Å²) in [5.74, 6) is 0. The third kappa shape index (κ3) is 3.45. The first-order valence-corrected chi connectivity index (χ1v) is 7.85. The maximum Gasteiger partial charge on any atom is 0.137 e. The van der Waals surface area contributed by atoms with Crippen LogP contribution in [-0.4, -0.2) is 33.4 Å². The van der Waals surface area contributed by atoms with Gasteiger partial charge in [-0.15, -0.1) is 0 Å². The first-order chi connectivity index (χ1) is 10.6. The van der Waals surface area contributed by atoms with E-state index >= 15 is 0 Å². The van der Waals surface area contributed by atoms with Crippen molar-refractivity contribution in [3.63, 3.8) is 0 Å². The Kier molecular flexibility index (Phi) is 4.40. The fourth-order valence-corrected chi connectivity index (χ4v) is 2.70. The van der Waals surface area contributed by atoms with E-state index < -0.39 is 0 Å². The number of halogens is 1. The monoisotopic (exact) mass is 359 g/mol. The summed E-state index contributed by atoms with van der Waals surface area (Å²) in [6, 6.07) is 6.12. The number of imidazole rings is 1. The number of hydrogen-bond donors (Lipinski definition) is 1. The van der Waals surface area contributed by atoms with Crippen molar-refractivity contribution in [3.05, 3.63) is 58.7 Å². The SMILES string of the molecule is CN(C)Cc1cncc(NCc2cnc3ccc(Br)cn23)c1. The van der Waals surface area contributed by atoms with Gasteiger partial charge in [0.2, 0.25) is 0 Å². The molecule has 5 nitrogen and oxygen atoms in total. The highest BCUT2D eigenvalue weighted by molar-refractivity contribution is 9.10. The molecule has 0 aliphatic carbocycles. The third-order valence-electron chi connectivity index (χ3n) is 3.31. The van der Waals surface area contributed by atoms with Gasteiger partial charge in [-0.25, -0.2) is 4.98 Å². The molecule has 3 rings (SSSR count). The third-order valence-corrected chi connectivity index (χ3v) is 3.78. The molecule has 0 unspecified atom stereocenters. The molecule has 3 heterocycles. The molecule has 22 heavy (non-hydrogen) atoms. The lowest BCUT2D eigenvalue weighted by molar-refractivity contribution is 0.402. The van der Waals surface area contributed by atoms with E-state index in [2.05, 4.69) is 60.7 Å². The molecule has 0 saturated carbocycles. The van der Waals surface area contributed by atoms with Crippen LogP contribution in [-0.2, 0) is 13.1 Å². The van der Waals surface area contributed by atoms with Gasteiger partial charge in [0.25, 0.3) is 0 Å². The van der Waals surface area contributed by atoms with Crippen molar-refractivity contribution < 1.29 is 0 Å². The van der Waals surface area contributed by atoms with Gasteiger partial charge in [0.05, 0.1) is 24.1 Å². The van der Waals surface area contributed by atoms with E-state index in [0.29, 0.717) is 6.54 Å². The number of aromatic nitrogens is 3. The number of hydrogen-bond acceptors (Lipinski definition) is 4. The molecule has 0 fully saturated rings. The predicted octanol–water partition coefficient (Wildman–Crippen LogP) is 3.17. The minimum atomic E-state index is 0.699. The molecular formula is C16H18BrN5. The van der Waals surface area contributed by atoms with Crippen LogP contribution in [0, 0.1) is 0 Å². The first kappa shape index (κ1) is 15.0. The minimum Gasteiger partial charge on any atom is -0.378 e. The normalized spacial score (nSPS) is 11.3. The highest BCUT2D eigenvalue weighted by Gasteiger charge is 2.04. The van der Waals surface area contributed by atoms with E-state index in [1.54, 1.807) is 0 Å². The molecule has 0 aromatic carbocycles. The molecule has 3 aromatic heterocycles. The summed E-state index contributed by atoms with van der Waals surface area (Å²) in [4.78, 5) is 10.8. The van der Waals surface area contributed by atoms with E-state index in [0.717, 1.165) is 28.0 Å². The molecule has 0 aliphatic heterocycles. The maximum absolute atomic E-state index is 4.41. The first-order valence-electron chi connectivity index (χ1n) is 7.06. The summed E-state index contributed by atoms with van der Waals surface area (Å²) in [5, 5.41) is 3.42. The molecule has 1 N–H and O–H groups in total. The van der Waals surface area contributed by atoms with E-state index in [1.807, 2.05) is 36.9 Å². The summed E-state index contributed by atoms with van der Waals surface area (Å²) < 4.78 is 3.11. The van der Waals surface area contributed by atoms with Gasteiger partial charge >= 0.3 is 0 Å². The van der Waals surface area contributed by atoms with Crippen LogP contribution in [0.3, 0.4) is 0 Å². The lowest BCUT2D eigenvalue weighted by atomic mass is 10.2. The number of nitrogens with one attached hydrogen (secondary N) is 1. The average molecular weight is 360 g/mol. The van der Waals surface area contributed by atoms with Crippen LogP contribution in [0.4, 0.5) is 5.69 Å². The minimum absolute atomic E-state index is 0.699. The number of fused-ring (bicyclic) bond motifs is 1. The molecule has 0 saturated heterocycles. The summed E-state index contributed by atoms with van der Waals surface area (Å²) in [5.41, 5.74) is 4.26. The average Bonchev–Trinajstić information content (AvgIpc) is 2.87. The van der Waals surface area contributed by atoms with Crippen LogP contribution < -0.4 is 5.32 Å². The second-order valence-electron chi connectivity index (χ2n) is 5.50. The second kappa shape index (κ2) is 6.46. The zero-order valence-electron chi connectivity index (χ0n) is 12.6. The van der Waals surface area contributed by atoms with Crippen LogP contribution in [0.1, 0.15) is 11.3 Å². The largest absolute Gasteiger partial charge is 0.378 e. The molecule has 0 aliphatic rings. The van der Waals surface area contributed by atoms with Gasteiger partial charge in [-0.2, -0.15) is 0 Å². The second-order valence-corrected chi connectivity index (χ2v) is 6.41. The number of rotatable bonds is 5. The number of pyridine rings is 2. The van der Waals surface area contributed by atoms with Crippen molar-refractivity contribution in [2.75, 3.05) is 19.4 Å². The highest BCUT2D eigenvalue weighted by Crippen LogP contribution is 2.15. The van der Waals surface area contributed by atoms with Crippen LogP contribution in [0.5, 0.6) is 0 Å². The molecule has 3 aromatic rings.